The van der Waals surface area contributed by atoms with Gasteiger partial charge in [-0.3, -0.25) is 4.79 Å². The van der Waals surface area contributed by atoms with Crippen molar-refractivity contribution in [3.63, 3.8) is 0 Å². The van der Waals surface area contributed by atoms with Gasteiger partial charge in [-0.2, -0.15) is 0 Å². The predicted molar refractivity (Wildman–Crippen MR) is 100.0 cm³/mol. The number of ether oxygens (including phenoxy) is 3. The molecule has 2 aromatic rings. The maximum absolute atomic E-state index is 12.3. The molecular weight excluding hydrogens is 330 g/mol. The predicted octanol–water partition coefficient (Wildman–Crippen LogP) is 3.32. The van der Waals surface area contributed by atoms with Crippen LogP contribution in [0.15, 0.2) is 48.5 Å². The lowest BCUT2D eigenvalue weighted by molar-refractivity contribution is -0.130. The van der Waals surface area contributed by atoms with E-state index in [1.54, 1.807) is 6.07 Å². The molecule has 1 aliphatic heterocycles. The SMILES string of the molecule is CC(C)(C)c1ccccc1OCCNC(=O)C1COc2ccccc2O1. The number of benzene rings is 2. The summed E-state index contributed by atoms with van der Waals surface area (Å²) in [5, 5.41) is 2.84. The molecule has 1 aliphatic rings. The van der Waals surface area contributed by atoms with E-state index < -0.39 is 6.10 Å². The number of nitrogens with one attached hydrogen (secondary N) is 1. The standard InChI is InChI=1S/C21H25NO4/c1-21(2,3)15-8-4-5-9-16(15)24-13-12-22-20(23)19-14-25-17-10-6-7-11-18(17)26-19/h4-11,19H,12-14H2,1-3H3,(H,22,23). The summed E-state index contributed by atoms with van der Waals surface area (Å²) in [6.45, 7) is 7.44. The summed E-state index contributed by atoms with van der Waals surface area (Å²) in [6.07, 6.45) is -0.647. The molecule has 0 radical (unpaired) electrons. The maximum atomic E-state index is 12.3. The Morgan fingerprint density at radius 2 is 1.81 bits per heavy atom. The number of amides is 1. The zero-order valence-electron chi connectivity index (χ0n) is 15.5. The Bertz CT molecular complexity index is 767. The lowest BCUT2D eigenvalue weighted by atomic mass is 9.86. The van der Waals surface area contributed by atoms with E-state index in [0.717, 1.165) is 11.3 Å². The molecule has 26 heavy (non-hydrogen) atoms. The summed E-state index contributed by atoms with van der Waals surface area (Å²) < 4.78 is 17.1. The fraction of sp³-hybridized carbons (Fsp3) is 0.381. The number of hydrogen-bond donors (Lipinski definition) is 1. The van der Waals surface area contributed by atoms with Gasteiger partial charge in [0, 0.05) is 0 Å². The van der Waals surface area contributed by atoms with Crippen molar-refractivity contribution in [1.29, 1.82) is 0 Å². The summed E-state index contributed by atoms with van der Waals surface area (Å²) >= 11 is 0. The van der Waals surface area contributed by atoms with Crippen LogP contribution in [0.2, 0.25) is 0 Å². The van der Waals surface area contributed by atoms with Gasteiger partial charge < -0.3 is 19.5 Å². The topological polar surface area (TPSA) is 56.8 Å². The van der Waals surface area contributed by atoms with Crippen LogP contribution in [0.5, 0.6) is 17.2 Å². The fourth-order valence-corrected chi connectivity index (χ4v) is 2.81. The van der Waals surface area contributed by atoms with Crippen LogP contribution in [0.3, 0.4) is 0 Å². The second-order valence-corrected chi connectivity index (χ2v) is 7.25. The molecule has 1 N–H and O–H groups in total. The largest absolute Gasteiger partial charge is 0.491 e. The van der Waals surface area contributed by atoms with E-state index in [1.165, 1.54) is 0 Å². The van der Waals surface area contributed by atoms with Gasteiger partial charge in [0.2, 0.25) is 6.10 Å². The lowest BCUT2D eigenvalue weighted by Gasteiger charge is -2.25. The first-order valence-corrected chi connectivity index (χ1v) is 8.83. The molecule has 138 valence electrons. The summed E-state index contributed by atoms with van der Waals surface area (Å²) in [5.41, 5.74) is 1.15. The van der Waals surface area contributed by atoms with Crippen molar-refractivity contribution in [2.75, 3.05) is 19.8 Å². The van der Waals surface area contributed by atoms with Crippen molar-refractivity contribution in [1.82, 2.24) is 5.32 Å². The average Bonchev–Trinajstić information content (AvgIpc) is 2.64. The second-order valence-electron chi connectivity index (χ2n) is 7.25. The van der Waals surface area contributed by atoms with Gasteiger partial charge in [-0.05, 0) is 29.2 Å². The Morgan fingerprint density at radius 3 is 2.58 bits per heavy atom. The Kier molecular flexibility index (Phi) is 5.35. The highest BCUT2D eigenvalue weighted by Crippen LogP contribution is 2.31. The first-order valence-electron chi connectivity index (χ1n) is 8.83. The quantitative estimate of drug-likeness (QED) is 0.836. The first-order chi connectivity index (χ1) is 12.4. The molecule has 5 heteroatoms. The number of hydrogen-bond acceptors (Lipinski definition) is 4. The van der Waals surface area contributed by atoms with E-state index in [1.807, 2.05) is 36.4 Å². The zero-order valence-corrected chi connectivity index (χ0v) is 15.5. The van der Waals surface area contributed by atoms with Gasteiger partial charge in [0.15, 0.2) is 11.5 Å². The van der Waals surface area contributed by atoms with Crippen molar-refractivity contribution in [2.24, 2.45) is 0 Å². The lowest BCUT2D eigenvalue weighted by Crippen LogP contribution is -2.45. The van der Waals surface area contributed by atoms with Crippen LogP contribution >= 0.6 is 0 Å². The highest BCUT2D eigenvalue weighted by atomic mass is 16.6. The van der Waals surface area contributed by atoms with E-state index in [4.69, 9.17) is 14.2 Å². The molecule has 2 aromatic carbocycles. The molecule has 0 bridgehead atoms. The third-order valence-electron chi connectivity index (χ3n) is 4.15. The molecule has 0 fully saturated rings. The van der Waals surface area contributed by atoms with Crippen molar-refractivity contribution in [3.8, 4) is 17.2 Å². The third kappa shape index (κ3) is 4.28. The molecule has 0 aliphatic carbocycles. The van der Waals surface area contributed by atoms with Gasteiger partial charge in [0.05, 0.1) is 6.54 Å². The van der Waals surface area contributed by atoms with Crippen molar-refractivity contribution in [3.05, 3.63) is 54.1 Å². The van der Waals surface area contributed by atoms with Gasteiger partial charge >= 0.3 is 0 Å². The molecule has 1 heterocycles. The van der Waals surface area contributed by atoms with Crippen molar-refractivity contribution in [2.45, 2.75) is 32.3 Å². The highest BCUT2D eigenvalue weighted by molar-refractivity contribution is 5.81. The van der Waals surface area contributed by atoms with Crippen LogP contribution in [0.25, 0.3) is 0 Å². The third-order valence-corrected chi connectivity index (χ3v) is 4.15. The molecular formula is C21H25NO4. The summed E-state index contributed by atoms with van der Waals surface area (Å²) in [4.78, 5) is 12.3. The fourth-order valence-electron chi connectivity index (χ4n) is 2.81. The van der Waals surface area contributed by atoms with E-state index in [2.05, 4.69) is 32.2 Å². The molecule has 0 saturated carbocycles. The summed E-state index contributed by atoms with van der Waals surface area (Å²) in [5.74, 6) is 1.90. The summed E-state index contributed by atoms with van der Waals surface area (Å²) in [7, 11) is 0. The number of carbonyl (C=O) groups is 1. The molecule has 0 spiro atoms. The number of para-hydroxylation sites is 3. The molecule has 3 rings (SSSR count). The van der Waals surface area contributed by atoms with E-state index in [0.29, 0.717) is 24.7 Å². The van der Waals surface area contributed by atoms with E-state index >= 15 is 0 Å². The van der Waals surface area contributed by atoms with Crippen molar-refractivity contribution < 1.29 is 19.0 Å². The van der Waals surface area contributed by atoms with Gasteiger partial charge in [-0.1, -0.05) is 51.1 Å². The van der Waals surface area contributed by atoms with Gasteiger partial charge in [0.25, 0.3) is 5.91 Å². The maximum Gasteiger partial charge on any atom is 0.264 e. The second kappa shape index (κ2) is 7.68. The number of fused-ring (bicyclic) bond motifs is 1. The van der Waals surface area contributed by atoms with Crippen molar-refractivity contribution >= 4 is 5.91 Å². The minimum atomic E-state index is -0.647. The molecule has 0 aromatic heterocycles. The molecule has 1 amide bonds. The van der Waals surface area contributed by atoms with Gasteiger partial charge in [-0.15, -0.1) is 0 Å². The first kappa shape index (κ1) is 18.1. The van der Waals surface area contributed by atoms with Crippen LogP contribution in [0.4, 0.5) is 0 Å². The van der Waals surface area contributed by atoms with Gasteiger partial charge in [-0.25, -0.2) is 0 Å². The molecule has 5 nitrogen and oxygen atoms in total. The normalized spacial score (nSPS) is 16.0. The van der Waals surface area contributed by atoms with E-state index in [9.17, 15) is 4.79 Å². The van der Waals surface area contributed by atoms with Crippen LogP contribution in [-0.4, -0.2) is 31.8 Å². The molecule has 1 unspecified atom stereocenters. The monoisotopic (exact) mass is 355 g/mol. The van der Waals surface area contributed by atoms with Crippen LogP contribution in [0.1, 0.15) is 26.3 Å². The van der Waals surface area contributed by atoms with Gasteiger partial charge in [0.1, 0.15) is 19.0 Å². The smallest absolute Gasteiger partial charge is 0.264 e. The van der Waals surface area contributed by atoms with Crippen LogP contribution in [-0.2, 0) is 10.2 Å². The highest BCUT2D eigenvalue weighted by Gasteiger charge is 2.27. The molecule has 0 saturated heterocycles. The minimum Gasteiger partial charge on any atom is -0.491 e. The Labute approximate surface area is 154 Å². The Balaban J connectivity index is 1.48. The number of carbonyl (C=O) groups excluding carboxylic acids is 1. The summed E-state index contributed by atoms with van der Waals surface area (Å²) in [6, 6.07) is 15.3. The van der Waals surface area contributed by atoms with Crippen LogP contribution in [0, 0.1) is 0 Å². The average molecular weight is 355 g/mol. The Hall–Kier alpha value is -2.69. The Morgan fingerprint density at radius 1 is 1.12 bits per heavy atom. The minimum absolute atomic E-state index is 0.000504. The number of rotatable bonds is 5. The van der Waals surface area contributed by atoms with E-state index in [-0.39, 0.29) is 17.9 Å². The van der Waals surface area contributed by atoms with Crippen LogP contribution < -0.4 is 19.5 Å². The molecule has 1 atom stereocenters. The zero-order chi connectivity index (χ0) is 18.6.